The summed E-state index contributed by atoms with van der Waals surface area (Å²) >= 11 is 5.65. The molecule has 1 rings (SSSR count). The van der Waals surface area contributed by atoms with E-state index in [1.165, 1.54) is 18.5 Å². The molecule has 0 atom stereocenters. The van der Waals surface area contributed by atoms with E-state index in [2.05, 4.69) is 4.98 Å². The van der Waals surface area contributed by atoms with Crippen LogP contribution in [0.15, 0.2) is 30.6 Å². The van der Waals surface area contributed by atoms with Crippen LogP contribution in [-0.4, -0.2) is 22.7 Å². The number of hydrogen-bond acceptors (Lipinski definition) is 3. The Hall–Kier alpha value is -1.55. The molecule has 1 aromatic rings. The maximum atomic E-state index is 10.1. The van der Waals surface area contributed by atoms with Crippen molar-refractivity contribution < 1.29 is 14.6 Å². The fourth-order valence-electron chi connectivity index (χ4n) is 0.765. The zero-order chi connectivity index (χ0) is 10.4. The maximum Gasteiger partial charge on any atom is 0.328 e. The lowest BCUT2D eigenvalue weighted by Crippen LogP contribution is -1.95. The van der Waals surface area contributed by atoms with Crippen molar-refractivity contribution in [2.24, 2.45) is 0 Å². The first-order valence-electron chi connectivity index (χ1n) is 3.81. The molecule has 0 radical (unpaired) electrons. The Balaban J connectivity index is 2.42. The molecule has 1 aromatic heterocycles. The highest BCUT2D eigenvalue weighted by Gasteiger charge is 1.93. The van der Waals surface area contributed by atoms with Crippen LogP contribution in [0.5, 0.6) is 5.75 Å². The number of carbonyl (C=O) groups is 1. The molecule has 5 heteroatoms. The molecular weight excluding hydrogens is 206 g/mol. The number of halogens is 1. The summed E-state index contributed by atoms with van der Waals surface area (Å²) in [5, 5.41) is 8.76. The van der Waals surface area contributed by atoms with E-state index in [-0.39, 0.29) is 6.61 Å². The number of aliphatic carboxylic acids is 1. The Bertz CT molecular complexity index is 352. The fraction of sp³-hybridized carbons (Fsp3) is 0.111. The minimum atomic E-state index is -1.00. The zero-order valence-corrected chi connectivity index (χ0v) is 7.94. The number of ether oxygens (including phenoxy) is 1. The van der Waals surface area contributed by atoms with Gasteiger partial charge >= 0.3 is 5.97 Å². The van der Waals surface area contributed by atoms with Gasteiger partial charge in [-0.25, -0.2) is 4.79 Å². The molecule has 0 bridgehead atoms. The van der Waals surface area contributed by atoms with E-state index >= 15 is 0 Å². The molecule has 0 aromatic carbocycles. The summed E-state index contributed by atoms with van der Waals surface area (Å²) < 4.78 is 5.14. The lowest BCUT2D eigenvalue weighted by molar-refractivity contribution is -0.131. The third kappa shape index (κ3) is 3.91. The quantitative estimate of drug-likeness (QED) is 0.775. The number of aromatic nitrogens is 1. The van der Waals surface area contributed by atoms with Crippen molar-refractivity contribution in [2.45, 2.75) is 0 Å². The lowest BCUT2D eigenvalue weighted by atomic mass is 10.4. The Morgan fingerprint density at radius 1 is 1.64 bits per heavy atom. The summed E-state index contributed by atoms with van der Waals surface area (Å²) in [4.78, 5) is 13.9. The maximum absolute atomic E-state index is 10.1. The topological polar surface area (TPSA) is 59.4 Å². The van der Waals surface area contributed by atoms with Crippen LogP contribution in [0.3, 0.4) is 0 Å². The summed E-state index contributed by atoms with van der Waals surface area (Å²) in [6.07, 6.45) is 5.39. The predicted molar refractivity (Wildman–Crippen MR) is 51.5 cm³/mol. The van der Waals surface area contributed by atoms with Gasteiger partial charge in [-0.15, -0.1) is 0 Å². The molecule has 0 aliphatic rings. The normalized spacial score (nSPS) is 10.4. The van der Waals surface area contributed by atoms with Crippen molar-refractivity contribution in [1.82, 2.24) is 4.98 Å². The second-order valence-corrected chi connectivity index (χ2v) is 2.83. The van der Waals surface area contributed by atoms with Crippen molar-refractivity contribution in [1.29, 1.82) is 0 Å². The number of nitrogens with zero attached hydrogens (tertiary/aromatic N) is 1. The minimum absolute atomic E-state index is 0.175. The average molecular weight is 214 g/mol. The van der Waals surface area contributed by atoms with Gasteiger partial charge in [-0.05, 0) is 6.08 Å². The van der Waals surface area contributed by atoms with Crippen LogP contribution in [-0.2, 0) is 4.79 Å². The summed E-state index contributed by atoms with van der Waals surface area (Å²) in [6.45, 7) is 0.175. The SMILES string of the molecule is O=C(O)C=CCOc1cncc(Cl)c1. The van der Waals surface area contributed by atoms with Gasteiger partial charge in [0.05, 0.1) is 11.2 Å². The second kappa shape index (κ2) is 5.24. The number of carboxylic acids is 1. The van der Waals surface area contributed by atoms with Crippen LogP contribution < -0.4 is 4.74 Å². The number of hydrogen-bond donors (Lipinski definition) is 1. The van der Waals surface area contributed by atoms with Crippen LogP contribution in [0, 0.1) is 0 Å². The smallest absolute Gasteiger partial charge is 0.328 e. The van der Waals surface area contributed by atoms with Crippen LogP contribution in [0.2, 0.25) is 5.02 Å². The number of pyridine rings is 1. The molecule has 0 saturated carbocycles. The van der Waals surface area contributed by atoms with Gasteiger partial charge in [0.15, 0.2) is 0 Å². The standard InChI is InChI=1S/C9H8ClNO3/c10-7-4-8(6-11-5-7)14-3-1-2-9(12)13/h1-2,4-6H,3H2,(H,12,13). The molecule has 0 unspecified atom stereocenters. The minimum Gasteiger partial charge on any atom is -0.488 e. The van der Waals surface area contributed by atoms with Crippen LogP contribution in [0.25, 0.3) is 0 Å². The van der Waals surface area contributed by atoms with Crippen molar-refractivity contribution in [3.8, 4) is 5.75 Å². The van der Waals surface area contributed by atoms with Gasteiger partial charge in [-0.2, -0.15) is 0 Å². The summed E-state index contributed by atoms with van der Waals surface area (Å²) in [5.74, 6) is -0.495. The van der Waals surface area contributed by atoms with E-state index in [9.17, 15) is 4.79 Å². The van der Waals surface area contributed by atoms with Gasteiger partial charge in [0.25, 0.3) is 0 Å². The Morgan fingerprint density at radius 2 is 2.43 bits per heavy atom. The van der Waals surface area contributed by atoms with E-state index in [0.29, 0.717) is 10.8 Å². The Labute approximate surface area is 85.8 Å². The van der Waals surface area contributed by atoms with E-state index in [1.54, 1.807) is 6.07 Å². The van der Waals surface area contributed by atoms with E-state index in [1.807, 2.05) is 0 Å². The first kappa shape index (κ1) is 10.5. The molecule has 0 spiro atoms. The fourth-order valence-corrected chi connectivity index (χ4v) is 0.928. The van der Waals surface area contributed by atoms with Gasteiger partial charge in [0.1, 0.15) is 12.4 Å². The molecule has 14 heavy (non-hydrogen) atoms. The van der Waals surface area contributed by atoms with Crippen LogP contribution >= 0.6 is 11.6 Å². The molecule has 1 N–H and O–H groups in total. The molecule has 0 aliphatic carbocycles. The highest BCUT2D eigenvalue weighted by molar-refractivity contribution is 6.30. The first-order chi connectivity index (χ1) is 6.68. The molecule has 0 fully saturated rings. The molecule has 74 valence electrons. The van der Waals surface area contributed by atoms with Crippen molar-refractivity contribution >= 4 is 17.6 Å². The highest BCUT2D eigenvalue weighted by Crippen LogP contribution is 2.14. The third-order valence-corrected chi connectivity index (χ3v) is 1.49. The average Bonchev–Trinajstić information content (AvgIpc) is 2.12. The Morgan fingerprint density at radius 3 is 3.07 bits per heavy atom. The molecule has 4 nitrogen and oxygen atoms in total. The molecular formula is C9H8ClNO3. The number of carboxylic acid groups (broad SMARTS) is 1. The molecule has 0 saturated heterocycles. The van der Waals surface area contributed by atoms with Gasteiger partial charge in [0, 0.05) is 18.3 Å². The molecule has 1 heterocycles. The lowest BCUT2D eigenvalue weighted by Gasteiger charge is -2.01. The van der Waals surface area contributed by atoms with E-state index < -0.39 is 5.97 Å². The van der Waals surface area contributed by atoms with Crippen molar-refractivity contribution in [3.63, 3.8) is 0 Å². The van der Waals surface area contributed by atoms with Gasteiger partial charge < -0.3 is 9.84 Å². The van der Waals surface area contributed by atoms with E-state index in [0.717, 1.165) is 6.08 Å². The Kier molecular flexibility index (Phi) is 3.94. The molecule has 0 aliphatic heterocycles. The van der Waals surface area contributed by atoms with Crippen LogP contribution in [0.1, 0.15) is 0 Å². The first-order valence-corrected chi connectivity index (χ1v) is 4.19. The number of rotatable bonds is 4. The second-order valence-electron chi connectivity index (χ2n) is 2.39. The third-order valence-electron chi connectivity index (χ3n) is 1.29. The van der Waals surface area contributed by atoms with E-state index in [4.69, 9.17) is 21.4 Å². The monoisotopic (exact) mass is 213 g/mol. The zero-order valence-electron chi connectivity index (χ0n) is 7.18. The summed E-state index contributed by atoms with van der Waals surface area (Å²) in [6, 6.07) is 1.60. The van der Waals surface area contributed by atoms with Gasteiger partial charge in [-0.3, -0.25) is 4.98 Å². The molecule has 0 amide bonds. The van der Waals surface area contributed by atoms with Crippen LogP contribution in [0.4, 0.5) is 0 Å². The predicted octanol–water partition coefficient (Wildman–Crippen LogP) is 1.75. The highest BCUT2D eigenvalue weighted by atomic mass is 35.5. The van der Waals surface area contributed by atoms with Crippen molar-refractivity contribution in [2.75, 3.05) is 6.61 Å². The summed E-state index contributed by atoms with van der Waals surface area (Å²) in [7, 11) is 0. The van der Waals surface area contributed by atoms with Crippen molar-refractivity contribution in [3.05, 3.63) is 35.6 Å². The van der Waals surface area contributed by atoms with Gasteiger partial charge in [-0.1, -0.05) is 11.6 Å². The summed E-state index contributed by atoms with van der Waals surface area (Å²) in [5.41, 5.74) is 0. The van der Waals surface area contributed by atoms with Gasteiger partial charge in [0.2, 0.25) is 0 Å². The largest absolute Gasteiger partial charge is 0.488 e.